The summed E-state index contributed by atoms with van der Waals surface area (Å²) < 4.78 is 38.3. The molecule has 3 heterocycles. The first kappa shape index (κ1) is 27.5. The lowest BCUT2D eigenvalue weighted by Crippen LogP contribution is -2.47. The highest BCUT2D eigenvalue weighted by Gasteiger charge is 2.61. The summed E-state index contributed by atoms with van der Waals surface area (Å²) in [5, 5.41) is 12.8. The second-order valence-corrected chi connectivity index (χ2v) is 12.3. The minimum Gasteiger partial charge on any atom is -0.393 e. The van der Waals surface area contributed by atoms with Crippen LogP contribution in [-0.2, 0) is 5.41 Å². The predicted octanol–water partition coefficient (Wildman–Crippen LogP) is 3.96. The summed E-state index contributed by atoms with van der Waals surface area (Å²) in [5.41, 5.74) is 9.66. The molecule has 2 aromatic rings. The number of carbonyl (C=O) groups is 1. The quantitative estimate of drug-likeness (QED) is 0.498. The number of fused-ring (bicyclic) bond motifs is 1. The van der Waals surface area contributed by atoms with E-state index in [0.29, 0.717) is 43.5 Å². The summed E-state index contributed by atoms with van der Waals surface area (Å²) in [6, 6.07) is 10.7. The van der Waals surface area contributed by atoms with Crippen LogP contribution < -0.4 is 11.1 Å². The van der Waals surface area contributed by atoms with Gasteiger partial charge >= 0.3 is 6.18 Å². The largest absolute Gasteiger partial charge is 0.401 e. The number of halogens is 3. The summed E-state index contributed by atoms with van der Waals surface area (Å²) in [7, 11) is 0. The second kappa shape index (κ2) is 10.6. The Bertz CT molecular complexity index is 1220. The number of amides is 1. The zero-order valence-corrected chi connectivity index (χ0v) is 22.7. The van der Waals surface area contributed by atoms with E-state index in [0.717, 1.165) is 56.3 Å². The molecular formula is C30H38F3N5O2. The normalized spacial score (nSPS) is 29.8. The van der Waals surface area contributed by atoms with Crippen LogP contribution in [0.1, 0.15) is 60.9 Å². The van der Waals surface area contributed by atoms with Crippen molar-refractivity contribution in [1.29, 1.82) is 0 Å². The van der Waals surface area contributed by atoms with Crippen molar-refractivity contribution >= 4 is 11.7 Å². The number of anilines is 1. The Morgan fingerprint density at radius 2 is 1.77 bits per heavy atom. The number of hydrogen-bond donors (Lipinski definition) is 3. The van der Waals surface area contributed by atoms with Crippen molar-refractivity contribution in [1.82, 2.24) is 20.1 Å². The molecule has 2 saturated carbocycles. The molecule has 7 nitrogen and oxygen atoms in total. The van der Waals surface area contributed by atoms with E-state index in [4.69, 9.17) is 5.73 Å². The number of alkyl halides is 3. The SMILES string of the molecule is Nc1ncc(-c2ccc([C@@]34C[C@@H]3CN(C3CCN(CC(F)(F)F)CC3)C4)cc2)cc1C(=O)NC1CCC(O)CC1. The predicted molar refractivity (Wildman–Crippen MR) is 147 cm³/mol. The van der Waals surface area contributed by atoms with E-state index in [1.807, 2.05) is 0 Å². The molecule has 10 heteroatoms. The number of piperidine rings is 2. The molecule has 2 saturated heterocycles. The molecule has 0 spiro atoms. The van der Waals surface area contributed by atoms with Gasteiger partial charge in [0.25, 0.3) is 5.91 Å². The number of nitrogens with zero attached hydrogens (tertiary/aromatic N) is 3. The molecule has 4 aliphatic rings. The van der Waals surface area contributed by atoms with Gasteiger partial charge in [-0.25, -0.2) is 4.98 Å². The number of likely N-dealkylation sites (tertiary alicyclic amines) is 2. The standard InChI is InChI=1S/C30H38F3N5O2/c31-30(32,33)18-37-11-9-24(10-12-37)38-16-22-14-29(22,17-38)21-3-1-19(2-4-21)20-13-26(27(34)35-15-20)28(40)36-23-5-7-25(39)8-6-23/h1-4,13,15,22-25,39H,5-12,14,16-18H2,(H2,34,35)(H,36,40)/t22-,23?,25?,29+/m1/s1. The van der Waals surface area contributed by atoms with Gasteiger partial charge in [-0.05, 0) is 81.1 Å². The number of nitrogen functional groups attached to an aromatic ring is 1. The van der Waals surface area contributed by atoms with Crippen molar-refractivity contribution in [3.05, 3.63) is 47.7 Å². The van der Waals surface area contributed by atoms with E-state index in [1.165, 1.54) is 10.5 Å². The van der Waals surface area contributed by atoms with Crippen molar-refractivity contribution in [2.75, 3.05) is 38.5 Å². The van der Waals surface area contributed by atoms with Crippen LogP contribution in [0.4, 0.5) is 19.0 Å². The van der Waals surface area contributed by atoms with Crippen LogP contribution in [0.2, 0.25) is 0 Å². The van der Waals surface area contributed by atoms with Crippen LogP contribution in [0.15, 0.2) is 36.5 Å². The number of aliphatic hydroxyl groups is 1. The highest BCUT2D eigenvalue weighted by atomic mass is 19.4. The molecular weight excluding hydrogens is 519 g/mol. The van der Waals surface area contributed by atoms with Crippen molar-refractivity contribution in [3.63, 3.8) is 0 Å². The van der Waals surface area contributed by atoms with Gasteiger partial charge in [0.2, 0.25) is 0 Å². The smallest absolute Gasteiger partial charge is 0.393 e. The lowest BCUT2D eigenvalue weighted by atomic mass is 9.92. The summed E-state index contributed by atoms with van der Waals surface area (Å²) in [4.78, 5) is 21.3. The molecule has 2 atom stereocenters. The van der Waals surface area contributed by atoms with Crippen molar-refractivity contribution in [2.24, 2.45) is 5.92 Å². The van der Waals surface area contributed by atoms with Gasteiger partial charge in [0.15, 0.2) is 0 Å². The number of pyridine rings is 1. The maximum Gasteiger partial charge on any atom is 0.401 e. The Kier molecular flexibility index (Phi) is 7.29. The van der Waals surface area contributed by atoms with Crippen LogP contribution in [0.5, 0.6) is 0 Å². The molecule has 40 heavy (non-hydrogen) atoms. The maximum absolute atomic E-state index is 13.0. The molecule has 2 aliphatic heterocycles. The fourth-order valence-electron chi connectivity index (χ4n) is 7.24. The Morgan fingerprint density at radius 3 is 2.45 bits per heavy atom. The summed E-state index contributed by atoms with van der Waals surface area (Å²) >= 11 is 0. The third-order valence-corrected chi connectivity index (χ3v) is 9.64. The maximum atomic E-state index is 13.0. The van der Waals surface area contributed by atoms with E-state index in [1.54, 1.807) is 12.3 Å². The number of carbonyl (C=O) groups excluding carboxylic acids is 1. The van der Waals surface area contributed by atoms with Crippen molar-refractivity contribution < 1.29 is 23.1 Å². The Morgan fingerprint density at radius 1 is 1.07 bits per heavy atom. The molecule has 1 aromatic carbocycles. The van der Waals surface area contributed by atoms with Gasteiger partial charge in [-0.1, -0.05) is 24.3 Å². The van der Waals surface area contributed by atoms with E-state index in [2.05, 4.69) is 39.5 Å². The molecule has 4 N–H and O–H groups in total. The van der Waals surface area contributed by atoms with Gasteiger partial charge in [0.1, 0.15) is 5.82 Å². The monoisotopic (exact) mass is 557 g/mol. The Labute approximate surface area is 232 Å². The summed E-state index contributed by atoms with van der Waals surface area (Å²) in [6.07, 6.45) is 2.89. The molecule has 6 rings (SSSR count). The van der Waals surface area contributed by atoms with E-state index in [9.17, 15) is 23.1 Å². The van der Waals surface area contributed by atoms with Crippen LogP contribution in [0.3, 0.4) is 0 Å². The average molecular weight is 558 g/mol. The second-order valence-electron chi connectivity index (χ2n) is 12.3. The lowest BCUT2D eigenvalue weighted by Gasteiger charge is -2.38. The fraction of sp³-hybridized carbons (Fsp3) is 0.600. The van der Waals surface area contributed by atoms with Gasteiger partial charge in [0.05, 0.1) is 18.2 Å². The third kappa shape index (κ3) is 5.71. The zero-order valence-electron chi connectivity index (χ0n) is 22.7. The number of nitrogens with one attached hydrogen (secondary N) is 1. The summed E-state index contributed by atoms with van der Waals surface area (Å²) in [6.45, 7) is 2.19. The van der Waals surface area contributed by atoms with Crippen molar-refractivity contribution in [3.8, 4) is 11.1 Å². The minimum absolute atomic E-state index is 0.0300. The van der Waals surface area contributed by atoms with E-state index < -0.39 is 12.7 Å². The number of benzene rings is 1. The topological polar surface area (TPSA) is 94.7 Å². The zero-order chi connectivity index (χ0) is 28.1. The van der Waals surface area contributed by atoms with Crippen LogP contribution in [0, 0.1) is 5.92 Å². The number of aromatic nitrogens is 1. The first-order valence-corrected chi connectivity index (χ1v) is 14.5. The molecule has 0 radical (unpaired) electrons. The molecule has 0 bridgehead atoms. The highest BCUT2D eigenvalue weighted by Crippen LogP contribution is 2.59. The summed E-state index contributed by atoms with van der Waals surface area (Å²) in [5.74, 6) is 0.560. The first-order valence-electron chi connectivity index (χ1n) is 14.5. The molecule has 2 aliphatic carbocycles. The van der Waals surface area contributed by atoms with Gasteiger partial charge in [0, 0.05) is 42.3 Å². The van der Waals surface area contributed by atoms with Gasteiger partial charge in [-0.2, -0.15) is 13.2 Å². The lowest BCUT2D eigenvalue weighted by molar-refractivity contribution is -0.149. The van der Waals surface area contributed by atoms with Crippen LogP contribution in [0.25, 0.3) is 11.1 Å². The Balaban J connectivity index is 1.08. The van der Waals surface area contributed by atoms with Crippen LogP contribution in [-0.4, -0.2) is 82.9 Å². The van der Waals surface area contributed by atoms with Gasteiger partial charge < -0.3 is 16.2 Å². The number of aliphatic hydroxyl groups excluding tert-OH is 1. The molecule has 1 amide bonds. The molecule has 4 fully saturated rings. The molecule has 0 unspecified atom stereocenters. The van der Waals surface area contributed by atoms with Crippen LogP contribution >= 0.6 is 0 Å². The number of rotatable bonds is 6. The van der Waals surface area contributed by atoms with Gasteiger partial charge in [-0.15, -0.1) is 0 Å². The molecule has 216 valence electrons. The fourth-order valence-corrected chi connectivity index (χ4v) is 7.24. The Hall–Kier alpha value is -2.69. The third-order valence-electron chi connectivity index (χ3n) is 9.64. The minimum atomic E-state index is -4.13. The van der Waals surface area contributed by atoms with Gasteiger partial charge in [-0.3, -0.25) is 14.6 Å². The average Bonchev–Trinajstić information content (AvgIpc) is 3.50. The van der Waals surface area contributed by atoms with E-state index >= 15 is 0 Å². The van der Waals surface area contributed by atoms with Crippen molar-refractivity contribution in [2.45, 2.75) is 74.7 Å². The number of hydrogen-bond acceptors (Lipinski definition) is 6. The first-order chi connectivity index (χ1) is 19.1. The highest BCUT2D eigenvalue weighted by molar-refractivity contribution is 5.99. The number of nitrogens with two attached hydrogens (primary N) is 1. The molecule has 1 aromatic heterocycles. The van der Waals surface area contributed by atoms with E-state index in [-0.39, 0.29) is 29.3 Å².